The van der Waals surface area contributed by atoms with Gasteiger partial charge in [0.15, 0.2) is 6.10 Å². The molecule has 1 aromatic carbocycles. The largest absolute Gasteiger partial charge is 0.451 e. The topological polar surface area (TPSA) is 75.7 Å². The van der Waals surface area contributed by atoms with E-state index < -0.39 is 23.0 Å². The lowest BCUT2D eigenvalue weighted by atomic mass is 10.0. The zero-order valence-electron chi connectivity index (χ0n) is 15.9. The molecule has 2 aliphatic heterocycles. The Morgan fingerprint density at radius 3 is 2.67 bits per heavy atom. The molecular formula is C20H26N2O4S. The number of ether oxygens (including phenoxy) is 1. The zero-order valence-corrected chi connectivity index (χ0v) is 16.8. The third kappa shape index (κ3) is 3.83. The third-order valence-corrected chi connectivity index (χ3v) is 6.57. The zero-order chi connectivity index (χ0) is 19.6. The Kier molecular flexibility index (Phi) is 5.79. The van der Waals surface area contributed by atoms with Gasteiger partial charge in [0.2, 0.25) is 5.91 Å². The molecule has 7 heteroatoms. The molecule has 2 saturated heterocycles. The lowest BCUT2D eigenvalue weighted by molar-refractivity contribution is -0.161. The highest BCUT2D eigenvalue weighted by Crippen LogP contribution is 2.54. The molecule has 2 aliphatic rings. The van der Waals surface area contributed by atoms with Gasteiger partial charge in [0.25, 0.3) is 5.91 Å². The van der Waals surface area contributed by atoms with Gasteiger partial charge in [-0.1, -0.05) is 44.2 Å². The molecule has 1 N–H and O–H groups in total. The van der Waals surface area contributed by atoms with E-state index in [-0.39, 0.29) is 11.8 Å². The van der Waals surface area contributed by atoms with Crippen LogP contribution < -0.4 is 5.32 Å². The van der Waals surface area contributed by atoms with Crippen molar-refractivity contribution in [3.05, 3.63) is 35.9 Å². The molecule has 1 aromatic rings. The summed E-state index contributed by atoms with van der Waals surface area (Å²) >= 11 is 1.61. The van der Waals surface area contributed by atoms with Crippen molar-refractivity contribution in [3.63, 3.8) is 0 Å². The minimum atomic E-state index is -0.884. The molecule has 2 fully saturated rings. The van der Waals surface area contributed by atoms with E-state index in [1.807, 2.05) is 44.2 Å². The molecule has 0 radical (unpaired) electrons. The van der Waals surface area contributed by atoms with E-state index in [0.29, 0.717) is 31.1 Å². The molecule has 0 aliphatic carbocycles. The molecule has 0 unspecified atom stereocenters. The van der Waals surface area contributed by atoms with Crippen LogP contribution in [0.2, 0.25) is 0 Å². The monoisotopic (exact) mass is 390 g/mol. The molecular weight excluding hydrogens is 364 g/mol. The van der Waals surface area contributed by atoms with E-state index in [2.05, 4.69) is 5.32 Å². The second-order valence-electron chi connectivity index (χ2n) is 7.46. The van der Waals surface area contributed by atoms with Crippen LogP contribution in [-0.2, 0) is 24.0 Å². The SMILES string of the molecule is CC(C)CNC(=O)[C@@H](C)OC(=O)[C@@H]1CS[C@@]2(c3ccccc3)CCC(=O)N12. The van der Waals surface area contributed by atoms with Gasteiger partial charge >= 0.3 is 5.97 Å². The number of fused-ring (bicyclic) bond motifs is 1. The molecule has 146 valence electrons. The first-order chi connectivity index (χ1) is 12.8. The van der Waals surface area contributed by atoms with E-state index in [0.717, 1.165) is 5.56 Å². The van der Waals surface area contributed by atoms with Crippen LogP contribution in [0.1, 0.15) is 39.2 Å². The number of carbonyl (C=O) groups is 3. The molecule has 3 rings (SSSR count). The summed E-state index contributed by atoms with van der Waals surface area (Å²) in [5.41, 5.74) is 1.03. The maximum Gasteiger partial charge on any atom is 0.330 e. The highest BCUT2D eigenvalue weighted by Gasteiger charge is 2.57. The summed E-state index contributed by atoms with van der Waals surface area (Å²) in [5.74, 6) is -0.0770. The second-order valence-corrected chi connectivity index (χ2v) is 8.76. The molecule has 2 amide bonds. The number of hydrogen-bond donors (Lipinski definition) is 1. The van der Waals surface area contributed by atoms with E-state index in [1.165, 1.54) is 0 Å². The van der Waals surface area contributed by atoms with Gasteiger partial charge in [0.1, 0.15) is 10.9 Å². The lowest BCUT2D eigenvalue weighted by Gasteiger charge is -2.33. The van der Waals surface area contributed by atoms with Gasteiger partial charge in [-0.15, -0.1) is 11.8 Å². The summed E-state index contributed by atoms with van der Waals surface area (Å²) in [7, 11) is 0. The Morgan fingerprint density at radius 1 is 1.30 bits per heavy atom. The van der Waals surface area contributed by atoms with Crippen molar-refractivity contribution in [1.82, 2.24) is 10.2 Å². The van der Waals surface area contributed by atoms with Crippen molar-refractivity contribution in [2.45, 2.75) is 50.6 Å². The predicted molar refractivity (Wildman–Crippen MR) is 104 cm³/mol. The minimum absolute atomic E-state index is 0.0392. The van der Waals surface area contributed by atoms with Gasteiger partial charge in [-0.2, -0.15) is 0 Å². The van der Waals surface area contributed by atoms with E-state index in [4.69, 9.17) is 4.74 Å². The Labute approximate surface area is 164 Å². The van der Waals surface area contributed by atoms with Crippen LogP contribution in [0.25, 0.3) is 0 Å². The second kappa shape index (κ2) is 7.92. The van der Waals surface area contributed by atoms with E-state index in [1.54, 1.807) is 23.6 Å². The Bertz CT molecular complexity index is 724. The number of thioether (sulfide) groups is 1. The number of esters is 1. The van der Waals surface area contributed by atoms with Crippen molar-refractivity contribution in [1.29, 1.82) is 0 Å². The highest BCUT2D eigenvalue weighted by atomic mass is 32.2. The minimum Gasteiger partial charge on any atom is -0.451 e. The first-order valence-electron chi connectivity index (χ1n) is 9.35. The number of carbonyl (C=O) groups excluding carboxylic acids is 3. The summed E-state index contributed by atoms with van der Waals surface area (Å²) in [6.45, 7) is 6.08. The molecule has 0 bridgehead atoms. The molecule has 2 heterocycles. The number of amides is 2. The summed E-state index contributed by atoms with van der Waals surface area (Å²) in [4.78, 5) is 38.6. The fraction of sp³-hybridized carbons (Fsp3) is 0.550. The normalized spacial score (nSPS) is 25.4. The van der Waals surface area contributed by atoms with Crippen molar-refractivity contribution >= 4 is 29.5 Å². The standard InChI is InChI=1S/C20H26N2O4S/c1-13(2)11-21-18(24)14(3)26-19(25)16-12-27-20(10-9-17(23)22(16)20)15-7-5-4-6-8-15/h4-8,13-14,16H,9-12H2,1-3H3,(H,21,24)/t14-,16+,20-/m1/s1. The molecule has 3 atom stereocenters. The van der Waals surface area contributed by atoms with E-state index >= 15 is 0 Å². The fourth-order valence-corrected chi connectivity index (χ4v) is 5.21. The van der Waals surface area contributed by atoms with Crippen molar-refractivity contribution in [2.75, 3.05) is 12.3 Å². The molecule has 0 spiro atoms. The lowest BCUT2D eigenvalue weighted by Crippen LogP contribution is -2.48. The Balaban J connectivity index is 1.71. The number of hydrogen-bond acceptors (Lipinski definition) is 5. The first kappa shape index (κ1) is 19.7. The van der Waals surface area contributed by atoms with Gasteiger partial charge in [-0.25, -0.2) is 4.79 Å². The highest BCUT2D eigenvalue weighted by molar-refractivity contribution is 8.00. The van der Waals surface area contributed by atoms with Crippen LogP contribution in [0.15, 0.2) is 30.3 Å². The van der Waals surface area contributed by atoms with Gasteiger partial charge in [0, 0.05) is 18.7 Å². The summed E-state index contributed by atoms with van der Waals surface area (Å²) in [6, 6.07) is 9.15. The van der Waals surface area contributed by atoms with Crippen molar-refractivity contribution < 1.29 is 19.1 Å². The van der Waals surface area contributed by atoms with Crippen LogP contribution in [-0.4, -0.2) is 47.1 Å². The first-order valence-corrected chi connectivity index (χ1v) is 10.3. The summed E-state index contributed by atoms with van der Waals surface area (Å²) in [6.07, 6.45) is 0.204. The van der Waals surface area contributed by atoms with Gasteiger partial charge in [-0.3, -0.25) is 9.59 Å². The maximum absolute atomic E-state index is 12.8. The molecule has 27 heavy (non-hydrogen) atoms. The molecule has 0 saturated carbocycles. The van der Waals surface area contributed by atoms with E-state index in [9.17, 15) is 14.4 Å². The van der Waals surface area contributed by atoms with Crippen molar-refractivity contribution in [3.8, 4) is 0 Å². The Morgan fingerprint density at radius 2 is 2.00 bits per heavy atom. The number of rotatable bonds is 6. The predicted octanol–water partition coefficient (Wildman–Crippen LogP) is 2.28. The fourth-order valence-electron chi connectivity index (χ4n) is 3.57. The molecule has 0 aromatic heterocycles. The molecule has 6 nitrogen and oxygen atoms in total. The van der Waals surface area contributed by atoms with Crippen LogP contribution in [0, 0.1) is 5.92 Å². The van der Waals surface area contributed by atoms with Gasteiger partial charge < -0.3 is 15.0 Å². The smallest absolute Gasteiger partial charge is 0.330 e. The van der Waals surface area contributed by atoms with Crippen LogP contribution in [0.5, 0.6) is 0 Å². The summed E-state index contributed by atoms with van der Waals surface area (Å²) < 4.78 is 5.41. The van der Waals surface area contributed by atoms with Crippen LogP contribution >= 0.6 is 11.8 Å². The van der Waals surface area contributed by atoms with Crippen LogP contribution in [0.4, 0.5) is 0 Å². The number of nitrogens with zero attached hydrogens (tertiary/aromatic N) is 1. The maximum atomic E-state index is 12.8. The Hall–Kier alpha value is -2.02. The van der Waals surface area contributed by atoms with Crippen molar-refractivity contribution in [2.24, 2.45) is 5.92 Å². The number of nitrogens with one attached hydrogen (secondary N) is 1. The quantitative estimate of drug-likeness (QED) is 0.754. The van der Waals surface area contributed by atoms with Gasteiger partial charge in [0.05, 0.1) is 0 Å². The average molecular weight is 391 g/mol. The third-order valence-electron chi connectivity index (χ3n) is 4.97. The number of benzene rings is 1. The average Bonchev–Trinajstić information content (AvgIpc) is 3.19. The van der Waals surface area contributed by atoms with Crippen LogP contribution in [0.3, 0.4) is 0 Å². The summed E-state index contributed by atoms with van der Waals surface area (Å²) in [5, 5.41) is 2.76. The van der Waals surface area contributed by atoms with Gasteiger partial charge in [-0.05, 0) is 24.8 Å².